The predicted molar refractivity (Wildman–Crippen MR) is 97.6 cm³/mol. The fourth-order valence-corrected chi connectivity index (χ4v) is 2.53. The molecule has 2 aromatic rings. The molecule has 0 aliphatic heterocycles. The van der Waals surface area contributed by atoms with Crippen LogP contribution in [0.15, 0.2) is 48.7 Å². The van der Waals surface area contributed by atoms with Gasteiger partial charge in [0.25, 0.3) is 0 Å². The number of aromatic hydroxyl groups is 1. The second-order valence-corrected chi connectivity index (χ2v) is 5.84. The van der Waals surface area contributed by atoms with Crippen molar-refractivity contribution in [2.75, 3.05) is 11.9 Å². The van der Waals surface area contributed by atoms with Gasteiger partial charge in [-0.25, -0.2) is 9.97 Å². The molecule has 1 heterocycles. The van der Waals surface area contributed by atoms with Crippen molar-refractivity contribution in [3.63, 3.8) is 0 Å². The molecule has 0 radical (unpaired) electrons. The maximum absolute atomic E-state index is 10.2. The first-order chi connectivity index (χ1) is 11.7. The summed E-state index contributed by atoms with van der Waals surface area (Å²) in [7, 11) is 0. The summed E-state index contributed by atoms with van der Waals surface area (Å²) in [5.74, 6) is 1.37. The highest BCUT2D eigenvalue weighted by molar-refractivity contribution is 5.80. The molecule has 1 aliphatic rings. The number of aromatic nitrogens is 2. The van der Waals surface area contributed by atoms with Crippen LogP contribution in [0.4, 0.5) is 5.82 Å². The van der Waals surface area contributed by atoms with E-state index in [1.807, 2.05) is 19.1 Å². The first-order valence-electron chi connectivity index (χ1n) is 8.20. The summed E-state index contributed by atoms with van der Waals surface area (Å²) < 4.78 is 0. The summed E-state index contributed by atoms with van der Waals surface area (Å²) in [5.41, 5.74) is 8.75. The number of nitrogens with zero attached hydrogens (tertiary/aromatic N) is 2. The van der Waals surface area contributed by atoms with Crippen molar-refractivity contribution in [1.82, 2.24) is 9.97 Å². The van der Waals surface area contributed by atoms with Gasteiger partial charge >= 0.3 is 0 Å². The third kappa shape index (κ3) is 3.63. The van der Waals surface area contributed by atoms with Crippen molar-refractivity contribution in [3.8, 4) is 17.1 Å². The van der Waals surface area contributed by atoms with E-state index < -0.39 is 0 Å². The lowest BCUT2D eigenvalue weighted by Gasteiger charge is -2.12. The van der Waals surface area contributed by atoms with Crippen molar-refractivity contribution in [2.45, 2.75) is 25.8 Å². The minimum Gasteiger partial charge on any atom is -0.507 e. The third-order valence-electron chi connectivity index (χ3n) is 4.07. The maximum Gasteiger partial charge on any atom is 0.165 e. The Hall–Kier alpha value is -2.66. The summed E-state index contributed by atoms with van der Waals surface area (Å²) in [6, 6.07) is 7.40. The van der Waals surface area contributed by atoms with Gasteiger partial charge in [-0.2, -0.15) is 0 Å². The molecule has 5 nitrogen and oxygen atoms in total. The highest BCUT2D eigenvalue weighted by Gasteiger charge is 2.12. The van der Waals surface area contributed by atoms with Gasteiger partial charge in [-0.3, -0.25) is 0 Å². The number of nitrogens with two attached hydrogens (primary N) is 1. The Kier molecular flexibility index (Phi) is 4.91. The van der Waals surface area contributed by atoms with Gasteiger partial charge in [-0.05, 0) is 42.2 Å². The molecule has 4 N–H and O–H groups in total. The molecule has 3 rings (SSSR count). The first kappa shape index (κ1) is 16.2. The van der Waals surface area contributed by atoms with Gasteiger partial charge in [-0.1, -0.05) is 31.2 Å². The number of nitrogens with one attached hydrogen (secondary N) is 1. The lowest BCUT2D eigenvalue weighted by molar-refractivity contribution is 0.477. The summed E-state index contributed by atoms with van der Waals surface area (Å²) in [4.78, 5) is 8.81. The SMILES string of the molecule is CC[C@@H](N)CNc1ccnc(-c2cc(C3=CCC=C3)ccc2O)n1. The van der Waals surface area contributed by atoms with Crippen molar-refractivity contribution in [3.05, 3.63) is 54.3 Å². The van der Waals surface area contributed by atoms with E-state index in [-0.39, 0.29) is 11.8 Å². The highest BCUT2D eigenvalue weighted by atomic mass is 16.3. The Morgan fingerprint density at radius 2 is 2.21 bits per heavy atom. The summed E-state index contributed by atoms with van der Waals surface area (Å²) in [6.07, 6.45) is 9.88. The van der Waals surface area contributed by atoms with Crippen LogP contribution in [0.25, 0.3) is 17.0 Å². The van der Waals surface area contributed by atoms with Crippen molar-refractivity contribution < 1.29 is 5.11 Å². The monoisotopic (exact) mass is 322 g/mol. The molecule has 0 spiro atoms. The van der Waals surface area contributed by atoms with Crippen LogP contribution in [0.1, 0.15) is 25.3 Å². The molecule has 1 atom stereocenters. The van der Waals surface area contributed by atoms with Crippen molar-refractivity contribution >= 4 is 11.4 Å². The molecule has 1 aliphatic carbocycles. The minimum absolute atomic E-state index is 0.0845. The average molecular weight is 322 g/mol. The van der Waals surface area contributed by atoms with Crippen LogP contribution in [-0.2, 0) is 0 Å². The van der Waals surface area contributed by atoms with Crippen molar-refractivity contribution in [2.24, 2.45) is 5.73 Å². The fraction of sp³-hybridized carbons (Fsp3) is 0.263. The molecule has 1 aromatic carbocycles. The van der Waals surface area contributed by atoms with Crippen LogP contribution in [0.5, 0.6) is 5.75 Å². The van der Waals surface area contributed by atoms with Gasteiger partial charge < -0.3 is 16.2 Å². The van der Waals surface area contributed by atoms with Gasteiger partial charge in [0, 0.05) is 18.8 Å². The number of hydrogen-bond donors (Lipinski definition) is 3. The van der Waals surface area contributed by atoms with Gasteiger partial charge in [-0.15, -0.1) is 0 Å². The molecule has 1 aromatic heterocycles. The summed E-state index contributed by atoms with van der Waals surface area (Å²) >= 11 is 0. The zero-order valence-corrected chi connectivity index (χ0v) is 13.7. The van der Waals surface area contributed by atoms with Crippen LogP contribution >= 0.6 is 0 Å². The van der Waals surface area contributed by atoms with Gasteiger partial charge in [0.15, 0.2) is 5.82 Å². The smallest absolute Gasteiger partial charge is 0.165 e. The Labute approximate surface area is 142 Å². The Morgan fingerprint density at radius 1 is 1.33 bits per heavy atom. The Morgan fingerprint density at radius 3 is 2.96 bits per heavy atom. The largest absolute Gasteiger partial charge is 0.507 e. The molecule has 0 saturated heterocycles. The molecule has 0 amide bonds. The molecule has 0 fully saturated rings. The van der Waals surface area contributed by atoms with Gasteiger partial charge in [0.2, 0.25) is 0 Å². The van der Waals surface area contributed by atoms with Crippen LogP contribution in [0.2, 0.25) is 0 Å². The van der Waals surface area contributed by atoms with E-state index in [0.29, 0.717) is 23.8 Å². The summed E-state index contributed by atoms with van der Waals surface area (Å²) in [6.45, 7) is 2.70. The fourth-order valence-electron chi connectivity index (χ4n) is 2.53. The van der Waals surface area contributed by atoms with E-state index >= 15 is 0 Å². The molecule has 0 unspecified atom stereocenters. The molecule has 0 saturated carbocycles. The second kappa shape index (κ2) is 7.27. The predicted octanol–water partition coefficient (Wildman–Crippen LogP) is 3.34. The highest BCUT2D eigenvalue weighted by Crippen LogP contribution is 2.32. The topological polar surface area (TPSA) is 84.1 Å². The first-order valence-corrected chi connectivity index (χ1v) is 8.20. The average Bonchev–Trinajstić information content (AvgIpc) is 3.15. The normalized spacial score (nSPS) is 14.5. The molecule has 24 heavy (non-hydrogen) atoms. The number of allylic oxidation sites excluding steroid dienone is 4. The third-order valence-corrected chi connectivity index (χ3v) is 4.07. The number of anilines is 1. The van der Waals surface area contributed by atoms with Crippen LogP contribution in [0.3, 0.4) is 0 Å². The Bertz CT molecular complexity index is 783. The van der Waals surface area contributed by atoms with E-state index in [1.165, 1.54) is 0 Å². The number of rotatable bonds is 6. The van der Waals surface area contributed by atoms with Crippen LogP contribution in [-0.4, -0.2) is 27.7 Å². The number of phenolic OH excluding ortho intramolecular Hbond substituents is 1. The lowest BCUT2D eigenvalue weighted by atomic mass is 10.0. The molecule has 124 valence electrons. The minimum atomic E-state index is 0.0845. The zero-order valence-electron chi connectivity index (χ0n) is 13.7. The maximum atomic E-state index is 10.2. The quantitative estimate of drug-likeness (QED) is 0.759. The van der Waals surface area contributed by atoms with E-state index in [1.54, 1.807) is 18.3 Å². The van der Waals surface area contributed by atoms with Gasteiger partial charge in [0.1, 0.15) is 11.6 Å². The van der Waals surface area contributed by atoms with Gasteiger partial charge in [0.05, 0.1) is 5.56 Å². The van der Waals surface area contributed by atoms with E-state index in [0.717, 1.165) is 24.0 Å². The van der Waals surface area contributed by atoms with E-state index in [4.69, 9.17) is 5.73 Å². The molecular formula is C19H22N4O. The number of hydrogen-bond acceptors (Lipinski definition) is 5. The number of phenols is 1. The van der Waals surface area contributed by atoms with E-state index in [2.05, 4.69) is 33.5 Å². The van der Waals surface area contributed by atoms with Crippen molar-refractivity contribution in [1.29, 1.82) is 0 Å². The summed E-state index contributed by atoms with van der Waals surface area (Å²) in [5, 5.41) is 13.4. The number of benzene rings is 1. The van der Waals surface area contributed by atoms with Crippen LogP contribution in [0, 0.1) is 0 Å². The molecule has 5 heteroatoms. The van der Waals surface area contributed by atoms with E-state index in [9.17, 15) is 5.11 Å². The lowest BCUT2D eigenvalue weighted by Crippen LogP contribution is -2.28. The Balaban J connectivity index is 1.88. The standard InChI is InChI=1S/C19H22N4O/c1-2-15(20)12-22-18-9-10-21-19(23-18)16-11-14(7-8-17(16)24)13-5-3-4-6-13/h3,5-11,15,24H,2,4,12,20H2,1H3,(H,21,22,23)/t15-/m1/s1. The van der Waals surface area contributed by atoms with Crippen LogP contribution < -0.4 is 11.1 Å². The molecular weight excluding hydrogens is 300 g/mol. The zero-order chi connectivity index (χ0) is 16.9. The molecule has 0 bridgehead atoms. The second-order valence-electron chi connectivity index (χ2n) is 5.84.